The zero-order valence-corrected chi connectivity index (χ0v) is 15.9. The largest absolute Gasteiger partial charge is 0.490 e. The van der Waals surface area contributed by atoms with Crippen molar-refractivity contribution in [1.82, 2.24) is 9.80 Å². The molecule has 4 atom stereocenters. The number of nitrogens with zero attached hydrogens (tertiary/aromatic N) is 2. The Morgan fingerprint density at radius 3 is 2.17 bits per heavy atom. The summed E-state index contributed by atoms with van der Waals surface area (Å²) >= 11 is 0. The SMILES string of the molecule is CCN1C(=O)C2C(C1=O)C1C(=O)C=CC2N1Cc1ccccc1.O=C(O)C(F)(F)F. The molecule has 4 unspecified atom stereocenters. The molecule has 0 radical (unpaired) electrons. The zero-order chi connectivity index (χ0) is 22.2. The van der Waals surface area contributed by atoms with Crippen molar-refractivity contribution in [2.45, 2.75) is 31.7 Å². The van der Waals surface area contributed by atoms with Crippen LogP contribution in [0.25, 0.3) is 0 Å². The second-order valence-corrected chi connectivity index (χ2v) is 7.13. The minimum atomic E-state index is -5.08. The third-order valence-corrected chi connectivity index (χ3v) is 5.45. The number of carboxylic acid groups (broad SMARTS) is 1. The molecule has 1 N–H and O–H groups in total. The number of carboxylic acids is 1. The Hall–Kier alpha value is -3.01. The molecule has 2 fully saturated rings. The monoisotopic (exact) mass is 424 g/mol. The Kier molecular flexibility index (Phi) is 5.80. The summed E-state index contributed by atoms with van der Waals surface area (Å²) in [6.07, 6.45) is -1.73. The van der Waals surface area contributed by atoms with E-state index in [9.17, 15) is 27.6 Å². The number of rotatable bonds is 3. The van der Waals surface area contributed by atoms with E-state index in [0.29, 0.717) is 13.1 Å². The van der Waals surface area contributed by atoms with Crippen LogP contribution in [0.1, 0.15) is 12.5 Å². The molecule has 160 valence electrons. The minimum absolute atomic E-state index is 0.0659. The Balaban J connectivity index is 0.000000318. The lowest BCUT2D eigenvalue weighted by molar-refractivity contribution is -0.192. The number of halogens is 3. The Labute approximate surface area is 169 Å². The van der Waals surface area contributed by atoms with Crippen LogP contribution in [-0.4, -0.2) is 63.3 Å². The van der Waals surface area contributed by atoms with Crippen molar-refractivity contribution in [3.8, 4) is 0 Å². The summed E-state index contributed by atoms with van der Waals surface area (Å²) in [6.45, 7) is 2.75. The fraction of sp³-hybridized carbons (Fsp3) is 0.400. The van der Waals surface area contributed by atoms with Crippen LogP contribution in [-0.2, 0) is 25.7 Å². The number of ketones is 1. The van der Waals surface area contributed by atoms with Crippen LogP contribution >= 0.6 is 0 Å². The summed E-state index contributed by atoms with van der Waals surface area (Å²) in [5.74, 6) is -4.09. The van der Waals surface area contributed by atoms with Gasteiger partial charge in [-0.25, -0.2) is 4.79 Å². The number of alkyl halides is 3. The maximum atomic E-state index is 12.6. The number of carbonyl (C=O) groups is 4. The second-order valence-electron chi connectivity index (χ2n) is 7.13. The van der Waals surface area contributed by atoms with Crippen molar-refractivity contribution < 1.29 is 37.5 Å². The van der Waals surface area contributed by atoms with Crippen molar-refractivity contribution in [2.75, 3.05) is 6.54 Å². The molecule has 0 aromatic heterocycles. The van der Waals surface area contributed by atoms with E-state index in [1.807, 2.05) is 35.2 Å². The van der Waals surface area contributed by atoms with E-state index in [1.165, 1.54) is 4.90 Å². The van der Waals surface area contributed by atoms with Gasteiger partial charge >= 0.3 is 12.1 Å². The summed E-state index contributed by atoms with van der Waals surface area (Å²) in [5, 5.41) is 7.12. The first-order chi connectivity index (χ1) is 14.1. The second kappa shape index (κ2) is 8.02. The first-order valence-electron chi connectivity index (χ1n) is 9.25. The summed E-state index contributed by atoms with van der Waals surface area (Å²) in [5.41, 5.74) is 1.08. The highest BCUT2D eigenvalue weighted by molar-refractivity contribution is 6.11. The van der Waals surface area contributed by atoms with Gasteiger partial charge in [0.1, 0.15) is 0 Å². The van der Waals surface area contributed by atoms with Crippen LogP contribution < -0.4 is 0 Å². The van der Waals surface area contributed by atoms with Crippen molar-refractivity contribution in [3.63, 3.8) is 0 Å². The number of hydrogen-bond acceptors (Lipinski definition) is 5. The van der Waals surface area contributed by atoms with Gasteiger partial charge in [0.15, 0.2) is 5.78 Å². The average Bonchev–Trinajstić information content (AvgIpc) is 3.06. The van der Waals surface area contributed by atoms with E-state index in [1.54, 1.807) is 19.1 Å². The predicted octanol–water partition coefficient (Wildman–Crippen LogP) is 1.63. The number of hydrogen-bond donors (Lipinski definition) is 1. The molecule has 3 aliphatic rings. The van der Waals surface area contributed by atoms with E-state index >= 15 is 0 Å². The van der Waals surface area contributed by atoms with Gasteiger partial charge in [0.2, 0.25) is 11.8 Å². The lowest BCUT2D eigenvalue weighted by Gasteiger charge is -2.33. The van der Waals surface area contributed by atoms with Crippen LogP contribution in [0.2, 0.25) is 0 Å². The van der Waals surface area contributed by atoms with Crippen molar-refractivity contribution in [3.05, 3.63) is 48.0 Å². The smallest absolute Gasteiger partial charge is 0.475 e. The number of likely N-dealkylation sites (tertiary alicyclic amines) is 1. The van der Waals surface area contributed by atoms with Gasteiger partial charge in [-0.15, -0.1) is 0 Å². The highest BCUT2D eigenvalue weighted by Gasteiger charge is 2.63. The summed E-state index contributed by atoms with van der Waals surface area (Å²) < 4.78 is 31.7. The Bertz CT molecular complexity index is 899. The van der Waals surface area contributed by atoms with Gasteiger partial charge in [-0.3, -0.25) is 24.2 Å². The molecule has 2 saturated heterocycles. The number of benzene rings is 1. The number of carbonyl (C=O) groups excluding carboxylic acids is 3. The van der Waals surface area contributed by atoms with E-state index in [4.69, 9.17) is 9.90 Å². The highest BCUT2D eigenvalue weighted by Crippen LogP contribution is 2.45. The van der Waals surface area contributed by atoms with Crippen molar-refractivity contribution >= 4 is 23.6 Å². The van der Waals surface area contributed by atoms with E-state index in [-0.39, 0.29) is 23.6 Å². The zero-order valence-electron chi connectivity index (χ0n) is 15.9. The quantitative estimate of drug-likeness (QED) is 0.742. The highest BCUT2D eigenvalue weighted by atomic mass is 19.4. The fourth-order valence-electron chi connectivity index (χ4n) is 4.24. The van der Waals surface area contributed by atoms with Gasteiger partial charge in [0.05, 0.1) is 17.9 Å². The van der Waals surface area contributed by atoms with Gasteiger partial charge in [-0.1, -0.05) is 36.4 Å². The fourth-order valence-corrected chi connectivity index (χ4v) is 4.24. The van der Waals surface area contributed by atoms with Gasteiger partial charge < -0.3 is 5.11 Å². The molecule has 0 saturated carbocycles. The molecule has 3 heterocycles. The Morgan fingerprint density at radius 1 is 1.07 bits per heavy atom. The number of imide groups is 1. The number of amides is 2. The van der Waals surface area contributed by atoms with E-state index in [2.05, 4.69) is 0 Å². The maximum absolute atomic E-state index is 12.6. The third kappa shape index (κ3) is 3.74. The molecule has 3 aliphatic heterocycles. The van der Waals surface area contributed by atoms with Crippen molar-refractivity contribution in [1.29, 1.82) is 0 Å². The lowest BCUT2D eigenvalue weighted by Crippen LogP contribution is -2.48. The summed E-state index contributed by atoms with van der Waals surface area (Å²) in [7, 11) is 0. The molecule has 2 bridgehead atoms. The van der Waals surface area contributed by atoms with Crippen LogP contribution in [0.4, 0.5) is 13.2 Å². The summed E-state index contributed by atoms with van der Waals surface area (Å²) in [6, 6.07) is 9.17. The Morgan fingerprint density at radius 2 is 1.63 bits per heavy atom. The van der Waals surface area contributed by atoms with Crippen LogP contribution in [0, 0.1) is 11.8 Å². The number of aliphatic carboxylic acids is 1. The van der Waals surface area contributed by atoms with E-state index in [0.717, 1.165) is 5.56 Å². The van der Waals surface area contributed by atoms with Crippen molar-refractivity contribution in [2.24, 2.45) is 11.8 Å². The summed E-state index contributed by atoms with van der Waals surface area (Å²) in [4.78, 5) is 49.9. The molecule has 4 rings (SSSR count). The minimum Gasteiger partial charge on any atom is -0.475 e. The molecular weight excluding hydrogens is 405 g/mol. The van der Waals surface area contributed by atoms with Gasteiger partial charge in [0, 0.05) is 19.1 Å². The standard InChI is InChI=1S/C18H18N2O3.C2HF3O2/c1-2-19-17(22)14-12-8-9-13(21)16(15(14)18(19)23)20(12)10-11-6-4-3-5-7-11;3-2(4,5)1(6)7/h3-9,12,14-16H,2,10H2,1H3;(H,6,7). The van der Waals surface area contributed by atoms with Crippen LogP contribution in [0.5, 0.6) is 0 Å². The molecule has 10 heteroatoms. The molecule has 0 aliphatic carbocycles. The molecule has 30 heavy (non-hydrogen) atoms. The molecule has 1 aromatic carbocycles. The molecule has 2 amide bonds. The normalized spacial score (nSPS) is 27.7. The molecular formula is C20H19F3N2O5. The van der Waals surface area contributed by atoms with Gasteiger partial charge in [-0.2, -0.15) is 13.2 Å². The van der Waals surface area contributed by atoms with Gasteiger partial charge in [-0.05, 0) is 18.6 Å². The van der Waals surface area contributed by atoms with Gasteiger partial charge in [0.25, 0.3) is 0 Å². The average molecular weight is 424 g/mol. The molecule has 1 aromatic rings. The first kappa shape index (κ1) is 21.7. The topological polar surface area (TPSA) is 95.0 Å². The third-order valence-electron chi connectivity index (χ3n) is 5.45. The maximum Gasteiger partial charge on any atom is 0.490 e. The lowest BCUT2D eigenvalue weighted by atomic mass is 9.90. The number of fused-ring (bicyclic) bond motifs is 5. The van der Waals surface area contributed by atoms with Crippen LogP contribution in [0.3, 0.4) is 0 Å². The first-order valence-corrected chi connectivity index (χ1v) is 9.25. The molecule has 0 spiro atoms. The van der Waals surface area contributed by atoms with E-state index < -0.39 is 30.0 Å². The molecule has 7 nitrogen and oxygen atoms in total. The van der Waals surface area contributed by atoms with Crippen LogP contribution in [0.15, 0.2) is 42.5 Å². The predicted molar refractivity (Wildman–Crippen MR) is 96.8 cm³/mol.